The molecular formula is C22H31N3O2. The fraction of sp³-hybridized carbons (Fsp3) is 0.636. The van der Waals surface area contributed by atoms with E-state index in [1.165, 1.54) is 5.56 Å². The zero-order valence-electron chi connectivity index (χ0n) is 16.2. The minimum absolute atomic E-state index is 0.0516. The number of aryl methyl sites for hydroxylation is 1. The molecule has 0 saturated carbocycles. The minimum atomic E-state index is 0.0516. The summed E-state index contributed by atoms with van der Waals surface area (Å²) in [4.78, 5) is 31.7. The zero-order valence-corrected chi connectivity index (χ0v) is 16.2. The molecule has 1 aromatic rings. The summed E-state index contributed by atoms with van der Waals surface area (Å²) >= 11 is 0. The Balaban J connectivity index is 1.31. The molecule has 1 spiro atoms. The largest absolute Gasteiger partial charge is 0.342 e. The maximum absolute atomic E-state index is 12.8. The lowest BCUT2D eigenvalue weighted by molar-refractivity contribution is -0.145. The summed E-state index contributed by atoms with van der Waals surface area (Å²) in [6.07, 6.45) is 6.94. The van der Waals surface area contributed by atoms with Crippen molar-refractivity contribution in [2.75, 3.05) is 39.3 Å². The Bertz CT molecular complexity index is 671. The molecule has 3 aliphatic rings. The van der Waals surface area contributed by atoms with Crippen LogP contribution in [0, 0.1) is 0 Å². The highest BCUT2D eigenvalue weighted by Crippen LogP contribution is 2.38. The number of amides is 2. The van der Waals surface area contributed by atoms with Crippen molar-refractivity contribution in [1.82, 2.24) is 14.7 Å². The summed E-state index contributed by atoms with van der Waals surface area (Å²) in [7, 11) is 0. The van der Waals surface area contributed by atoms with E-state index in [-0.39, 0.29) is 17.4 Å². The van der Waals surface area contributed by atoms with Gasteiger partial charge in [-0.3, -0.25) is 14.5 Å². The maximum Gasteiger partial charge on any atom is 0.236 e. The van der Waals surface area contributed by atoms with Crippen LogP contribution in [0.4, 0.5) is 0 Å². The molecule has 0 radical (unpaired) electrons. The van der Waals surface area contributed by atoms with Gasteiger partial charge < -0.3 is 9.80 Å². The van der Waals surface area contributed by atoms with Gasteiger partial charge in [0.05, 0.1) is 6.54 Å². The van der Waals surface area contributed by atoms with E-state index in [1.54, 1.807) is 0 Å². The third kappa shape index (κ3) is 4.03. The van der Waals surface area contributed by atoms with E-state index in [1.807, 2.05) is 23.1 Å². The van der Waals surface area contributed by atoms with E-state index in [0.717, 1.165) is 71.2 Å². The van der Waals surface area contributed by atoms with Gasteiger partial charge in [-0.25, -0.2) is 0 Å². The van der Waals surface area contributed by atoms with Crippen molar-refractivity contribution >= 4 is 11.8 Å². The Hall–Kier alpha value is -1.88. The first-order valence-electron chi connectivity index (χ1n) is 10.5. The minimum Gasteiger partial charge on any atom is -0.342 e. The van der Waals surface area contributed by atoms with Gasteiger partial charge in [0.15, 0.2) is 0 Å². The monoisotopic (exact) mass is 369 g/mol. The fourth-order valence-corrected chi connectivity index (χ4v) is 4.90. The molecule has 5 heteroatoms. The number of hydrogen-bond acceptors (Lipinski definition) is 3. The number of rotatable bonds is 5. The molecule has 1 aromatic carbocycles. The van der Waals surface area contributed by atoms with Crippen molar-refractivity contribution in [3.63, 3.8) is 0 Å². The van der Waals surface area contributed by atoms with Crippen molar-refractivity contribution in [3.8, 4) is 0 Å². The average molecular weight is 370 g/mol. The summed E-state index contributed by atoms with van der Waals surface area (Å²) in [6.45, 7) is 5.03. The molecule has 3 heterocycles. The molecule has 5 nitrogen and oxygen atoms in total. The second kappa shape index (κ2) is 8.01. The molecule has 0 aromatic heterocycles. The highest BCUT2D eigenvalue weighted by Gasteiger charge is 2.48. The predicted molar refractivity (Wildman–Crippen MR) is 105 cm³/mol. The van der Waals surface area contributed by atoms with Gasteiger partial charge in [-0.1, -0.05) is 30.3 Å². The van der Waals surface area contributed by atoms with Crippen LogP contribution in [0.3, 0.4) is 0 Å². The number of benzene rings is 1. The van der Waals surface area contributed by atoms with Crippen LogP contribution in [0.15, 0.2) is 30.3 Å². The first kappa shape index (κ1) is 18.5. The molecule has 0 N–H and O–H groups in total. The molecule has 0 bridgehead atoms. The number of likely N-dealkylation sites (tertiary alicyclic amines) is 3. The Morgan fingerprint density at radius 1 is 0.852 bits per heavy atom. The third-order valence-corrected chi connectivity index (χ3v) is 6.68. The van der Waals surface area contributed by atoms with Gasteiger partial charge >= 0.3 is 0 Å². The van der Waals surface area contributed by atoms with E-state index in [4.69, 9.17) is 0 Å². The van der Waals surface area contributed by atoms with Gasteiger partial charge in [-0.05, 0) is 44.1 Å². The zero-order chi connectivity index (χ0) is 18.7. The number of hydrogen-bond donors (Lipinski definition) is 0. The molecule has 3 aliphatic heterocycles. The second-order valence-electron chi connectivity index (χ2n) is 8.39. The van der Waals surface area contributed by atoms with Crippen LogP contribution >= 0.6 is 0 Å². The van der Waals surface area contributed by atoms with Gasteiger partial charge in [-0.15, -0.1) is 0 Å². The van der Waals surface area contributed by atoms with Gasteiger partial charge in [0.25, 0.3) is 0 Å². The van der Waals surface area contributed by atoms with E-state index < -0.39 is 0 Å². The van der Waals surface area contributed by atoms with Crippen molar-refractivity contribution in [2.24, 2.45) is 0 Å². The standard InChI is InChI=1S/C22H31N3O2/c26-20(10-9-19-7-2-1-3-8-19)24-15-6-11-22(18-24)12-16-25(22)17-21(27)23-13-4-5-14-23/h1-3,7-8H,4-6,9-18H2. The Labute approximate surface area is 162 Å². The summed E-state index contributed by atoms with van der Waals surface area (Å²) in [5, 5.41) is 0. The molecule has 0 aliphatic carbocycles. The molecule has 27 heavy (non-hydrogen) atoms. The smallest absolute Gasteiger partial charge is 0.236 e. The first-order valence-corrected chi connectivity index (χ1v) is 10.5. The number of carbonyl (C=O) groups excluding carboxylic acids is 2. The quantitative estimate of drug-likeness (QED) is 0.800. The van der Waals surface area contributed by atoms with Gasteiger partial charge in [0, 0.05) is 44.7 Å². The number of nitrogens with zero attached hydrogens (tertiary/aromatic N) is 3. The summed E-state index contributed by atoms with van der Waals surface area (Å²) in [6, 6.07) is 10.2. The van der Waals surface area contributed by atoms with Crippen LogP contribution < -0.4 is 0 Å². The Morgan fingerprint density at radius 2 is 1.59 bits per heavy atom. The van der Waals surface area contributed by atoms with E-state index in [9.17, 15) is 9.59 Å². The SMILES string of the molecule is O=C(CN1CCC12CCCN(C(=O)CCc1ccccc1)C2)N1CCCC1. The van der Waals surface area contributed by atoms with Gasteiger partial charge in [0.1, 0.15) is 0 Å². The maximum atomic E-state index is 12.8. The lowest BCUT2D eigenvalue weighted by Gasteiger charge is -2.57. The van der Waals surface area contributed by atoms with Crippen LogP contribution in [0.1, 0.15) is 44.1 Å². The predicted octanol–water partition coefficient (Wildman–Crippen LogP) is 2.31. The summed E-state index contributed by atoms with van der Waals surface area (Å²) in [5.74, 6) is 0.537. The molecule has 4 rings (SSSR count). The van der Waals surface area contributed by atoms with Gasteiger partial charge in [0.2, 0.25) is 11.8 Å². The highest BCUT2D eigenvalue weighted by molar-refractivity contribution is 5.79. The number of carbonyl (C=O) groups is 2. The Morgan fingerprint density at radius 3 is 2.30 bits per heavy atom. The number of piperidine rings is 1. The van der Waals surface area contributed by atoms with E-state index in [2.05, 4.69) is 21.9 Å². The van der Waals surface area contributed by atoms with Crippen molar-refractivity contribution in [3.05, 3.63) is 35.9 Å². The lowest BCUT2D eigenvalue weighted by Crippen LogP contribution is -2.68. The fourth-order valence-electron chi connectivity index (χ4n) is 4.90. The van der Waals surface area contributed by atoms with E-state index in [0.29, 0.717) is 13.0 Å². The molecular weight excluding hydrogens is 338 g/mol. The summed E-state index contributed by atoms with van der Waals surface area (Å²) < 4.78 is 0. The highest BCUT2D eigenvalue weighted by atomic mass is 16.2. The average Bonchev–Trinajstić information content (AvgIpc) is 3.25. The van der Waals surface area contributed by atoms with Crippen LogP contribution in [0.2, 0.25) is 0 Å². The van der Waals surface area contributed by atoms with Gasteiger partial charge in [-0.2, -0.15) is 0 Å². The van der Waals surface area contributed by atoms with Crippen molar-refractivity contribution in [2.45, 2.75) is 50.5 Å². The normalized spacial score (nSPS) is 25.6. The van der Waals surface area contributed by atoms with Crippen LogP contribution in [0.25, 0.3) is 0 Å². The Kier molecular flexibility index (Phi) is 5.48. The topological polar surface area (TPSA) is 43.9 Å². The van der Waals surface area contributed by atoms with Crippen LogP contribution in [0.5, 0.6) is 0 Å². The lowest BCUT2D eigenvalue weighted by atomic mass is 9.77. The van der Waals surface area contributed by atoms with Crippen LogP contribution in [-0.4, -0.2) is 71.3 Å². The summed E-state index contributed by atoms with van der Waals surface area (Å²) in [5.41, 5.74) is 1.27. The molecule has 2 amide bonds. The van der Waals surface area contributed by atoms with E-state index >= 15 is 0 Å². The third-order valence-electron chi connectivity index (χ3n) is 6.68. The molecule has 146 valence electrons. The van der Waals surface area contributed by atoms with Crippen molar-refractivity contribution in [1.29, 1.82) is 0 Å². The van der Waals surface area contributed by atoms with Crippen LogP contribution in [-0.2, 0) is 16.0 Å². The van der Waals surface area contributed by atoms with Crippen molar-refractivity contribution < 1.29 is 9.59 Å². The molecule has 3 saturated heterocycles. The molecule has 1 unspecified atom stereocenters. The second-order valence-corrected chi connectivity index (χ2v) is 8.39. The molecule has 1 atom stereocenters. The molecule has 3 fully saturated rings. The first-order chi connectivity index (χ1) is 13.2.